The van der Waals surface area contributed by atoms with Gasteiger partial charge in [-0.2, -0.15) is 0 Å². The molecule has 2 aromatic heterocycles. The normalized spacial score (nSPS) is 11.6. The van der Waals surface area contributed by atoms with Crippen molar-refractivity contribution < 1.29 is 0 Å². The van der Waals surface area contributed by atoms with Gasteiger partial charge in [-0.3, -0.25) is 9.97 Å². The first-order chi connectivity index (χ1) is 8.65. The lowest BCUT2D eigenvalue weighted by atomic mass is 10.1. The number of hydrogen-bond acceptors (Lipinski definition) is 2. The van der Waals surface area contributed by atoms with Crippen molar-refractivity contribution in [2.24, 2.45) is 0 Å². The fraction of sp³-hybridized carbons (Fsp3) is 0.250. The number of fused-ring (bicyclic) bond motifs is 3. The Kier molecular flexibility index (Phi) is 2.51. The van der Waals surface area contributed by atoms with Crippen LogP contribution in [0.4, 0.5) is 0 Å². The molecule has 3 aromatic rings. The van der Waals surface area contributed by atoms with Gasteiger partial charge >= 0.3 is 0 Å². The minimum Gasteiger partial charge on any atom is -0.251 e. The second kappa shape index (κ2) is 4.05. The zero-order valence-electron chi connectivity index (χ0n) is 10.9. The second-order valence-electron chi connectivity index (χ2n) is 5.05. The molecule has 0 N–H and O–H groups in total. The van der Waals surface area contributed by atoms with E-state index in [0.717, 1.165) is 33.2 Å². The molecule has 0 saturated carbocycles. The highest BCUT2D eigenvalue weighted by atomic mass is 14.8. The molecule has 0 unspecified atom stereocenters. The van der Waals surface area contributed by atoms with Crippen molar-refractivity contribution in [3.8, 4) is 0 Å². The van der Waals surface area contributed by atoms with Gasteiger partial charge in [0.25, 0.3) is 0 Å². The van der Waals surface area contributed by atoms with Gasteiger partial charge in [0.2, 0.25) is 0 Å². The number of benzene rings is 1. The highest BCUT2D eigenvalue weighted by Crippen LogP contribution is 2.24. The zero-order chi connectivity index (χ0) is 12.7. The van der Waals surface area contributed by atoms with Crippen LogP contribution in [0.3, 0.4) is 0 Å². The van der Waals surface area contributed by atoms with E-state index in [9.17, 15) is 0 Å². The number of rotatable bonds is 1. The molecule has 0 atom stereocenters. The first kappa shape index (κ1) is 11.1. The van der Waals surface area contributed by atoms with Gasteiger partial charge in [-0.15, -0.1) is 0 Å². The third kappa shape index (κ3) is 1.74. The van der Waals surface area contributed by atoms with Crippen LogP contribution in [0.1, 0.15) is 31.2 Å². The number of aryl methyl sites for hydroxylation is 1. The first-order valence-corrected chi connectivity index (χ1v) is 6.32. The number of nitrogens with zero attached hydrogens (tertiary/aromatic N) is 2. The van der Waals surface area contributed by atoms with Crippen LogP contribution < -0.4 is 0 Å². The molecular formula is C16H16N2. The quantitative estimate of drug-likeness (QED) is 0.591. The third-order valence-corrected chi connectivity index (χ3v) is 3.27. The third-order valence-electron chi connectivity index (χ3n) is 3.27. The van der Waals surface area contributed by atoms with E-state index in [1.54, 1.807) is 0 Å². The van der Waals surface area contributed by atoms with E-state index >= 15 is 0 Å². The summed E-state index contributed by atoms with van der Waals surface area (Å²) in [6.07, 6.45) is 0. The van der Waals surface area contributed by atoms with E-state index in [0.29, 0.717) is 5.92 Å². The molecule has 90 valence electrons. The molecule has 18 heavy (non-hydrogen) atoms. The van der Waals surface area contributed by atoms with Gasteiger partial charge in [0.05, 0.1) is 11.0 Å². The summed E-state index contributed by atoms with van der Waals surface area (Å²) in [7, 11) is 0. The molecule has 0 aliphatic heterocycles. The van der Waals surface area contributed by atoms with Crippen molar-refractivity contribution in [1.29, 1.82) is 0 Å². The summed E-state index contributed by atoms with van der Waals surface area (Å²) in [5.41, 5.74) is 4.18. The highest BCUT2D eigenvalue weighted by Gasteiger charge is 2.07. The molecular weight excluding hydrogens is 220 g/mol. The molecule has 0 aliphatic carbocycles. The van der Waals surface area contributed by atoms with Crippen LogP contribution in [-0.4, -0.2) is 9.97 Å². The lowest BCUT2D eigenvalue weighted by Crippen LogP contribution is -1.94. The van der Waals surface area contributed by atoms with Gasteiger partial charge in [-0.05, 0) is 25.0 Å². The fourth-order valence-corrected chi connectivity index (χ4v) is 2.20. The Morgan fingerprint density at radius 2 is 1.33 bits per heavy atom. The van der Waals surface area contributed by atoms with Gasteiger partial charge in [0.1, 0.15) is 0 Å². The largest absolute Gasteiger partial charge is 0.251 e. The average molecular weight is 236 g/mol. The Balaban J connectivity index is 2.42. The van der Waals surface area contributed by atoms with Gasteiger partial charge in [0.15, 0.2) is 0 Å². The molecule has 0 saturated heterocycles. The summed E-state index contributed by atoms with van der Waals surface area (Å²) in [4.78, 5) is 9.42. The van der Waals surface area contributed by atoms with Gasteiger partial charge < -0.3 is 0 Å². The summed E-state index contributed by atoms with van der Waals surface area (Å²) in [6, 6.07) is 12.6. The lowest BCUT2D eigenvalue weighted by Gasteiger charge is -2.08. The van der Waals surface area contributed by atoms with Gasteiger partial charge in [-0.1, -0.05) is 38.1 Å². The molecule has 1 aromatic carbocycles. The molecule has 3 rings (SSSR count). The van der Waals surface area contributed by atoms with Crippen LogP contribution in [0.15, 0.2) is 36.4 Å². The standard InChI is InChI=1S/C16H16N2/c1-10(2)14-9-8-13-7-6-12-5-4-11(3)17-15(12)16(13)18-14/h4-10H,1-3H3. The Hall–Kier alpha value is -1.96. The summed E-state index contributed by atoms with van der Waals surface area (Å²) in [5.74, 6) is 0.439. The van der Waals surface area contributed by atoms with Crippen molar-refractivity contribution >= 4 is 21.8 Å². The van der Waals surface area contributed by atoms with Crippen LogP contribution in [0.25, 0.3) is 21.8 Å². The summed E-state index contributed by atoms with van der Waals surface area (Å²) >= 11 is 0. The SMILES string of the molecule is Cc1ccc2ccc3ccc(C(C)C)nc3c2n1. The van der Waals surface area contributed by atoms with Gasteiger partial charge in [-0.25, -0.2) is 0 Å². The van der Waals surface area contributed by atoms with Crippen LogP contribution in [0.2, 0.25) is 0 Å². The Labute approximate surface area is 107 Å². The first-order valence-electron chi connectivity index (χ1n) is 6.32. The maximum absolute atomic E-state index is 4.78. The van der Waals surface area contributed by atoms with Crippen LogP contribution >= 0.6 is 0 Å². The average Bonchev–Trinajstić information content (AvgIpc) is 2.37. The van der Waals surface area contributed by atoms with E-state index in [1.807, 2.05) is 13.0 Å². The van der Waals surface area contributed by atoms with Crippen molar-refractivity contribution in [3.05, 3.63) is 47.8 Å². The molecule has 0 fully saturated rings. The van der Waals surface area contributed by atoms with E-state index in [-0.39, 0.29) is 0 Å². The molecule has 0 aliphatic rings. The Bertz CT molecular complexity index is 730. The van der Waals surface area contributed by atoms with Crippen LogP contribution in [-0.2, 0) is 0 Å². The Morgan fingerprint density at radius 3 is 2.00 bits per heavy atom. The summed E-state index contributed by atoms with van der Waals surface area (Å²) in [6.45, 7) is 6.35. The van der Waals surface area contributed by atoms with Crippen molar-refractivity contribution in [3.63, 3.8) is 0 Å². The van der Waals surface area contributed by atoms with E-state index in [1.165, 1.54) is 0 Å². The van der Waals surface area contributed by atoms with Crippen molar-refractivity contribution in [2.75, 3.05) is 0 Å². The monoisotopic (exact) mass is 236 g/mol. The van der Waals surface area contributed by atoms with E-state index < -0.39 is 0 Å². The zero-order valence-corrected chi connectivity index (χ0v) is 10.9. The molecule has 2 heteroatoms. The van der Waals surface area contributed by atoms with E-state index in [2.05, 4.69) is 49.2 Å². The second-order valence-corrected chi connectivity index (χ2v) is 5.05. The number of hydrogen-bond donors (Lipinski definition) is 0. The van der Waals surface area contributed by atoms with Gasteiger partial charge in [0, 0.05) is 22.2 Å². The number of pyridine rings is 2. The summed E-state index contributed by atoms with van der Waals surface area (Å²) < 4.78 is 0. The van der Waals surface area contributed by atoms with Crippen molar-refractivity contribution in [2.45, 2.75) is 26.7 Å². The molecule has 2 nitrogen and oxygen atoms in total. The maximum Gasteiger partial charge on any atom is 0.0968 e. The predicted octanol–water partition coefficient (Wildman–Crippen LogP) is 4.21. The summed E-state index contributed by atoms with van der Waals surface area (Å²) in [5, 5.41) is 2.31. The van der Waals surface area contributed by atoms with E-state index in [4.69, 9.17) is 4.98 Å². The number of aromatic nitrogens is 2. The molecule has 0 radical (unpaired) electrons. The fourth-order valence-electron chi connectivity index (χ4n) is 2.20. The molecule has 2 heterocycles. The topological polar surface area (TPSA) is 25.8 Å². The molecule has 0 amide bonds. The predicted molar refractivity (Wildman–Crippen MR) is 75.9 cm³/mol. The highest BCUT2D eigenvalue weighted by molar-refractivity contribution is 6.02. The lowest BCUT2D eigenvalue weighted by molar-refractivity contribution is 0.830. The van der Waals surface area contributed by atoms with Crippen LogP contribution in [0.5, 0.6) is 0 Å². The molecule has 0 spiro atoms. The van der Waals surface area contributed by atoms with Crippen molar-refractivity contribution in [1.82, 2.24) is 9.97 Å². The van der Waals surface area contributed by atoms with Crippen LogP contribution in [0, 0.1) is 6.92 Å². The minimum atomic E-state index is 0.439. The minimum absolute atomic E-state index is 0.439. The molecule has 0 bridgehead atoms. The smallest absolute Gasteiger partial charge is 0.0968 e. The Morgan fingerprint density at radius 1 is 0.778 bits per heavy atom. The maximum atomic E-state index is 4.78.